The highest BCUT2D eigenvalue weighted by atomic mass is 32.2. The average molecular weight is 375 g/mol. The van der Waals surface area contributed by atoms with Crippen molar-refractivity contribution in [1.82, 2.24) is 9.80 Å². The lowest BCUT2D eigenvalue weighted by Crippen LogP contribution is -2.47. The zero-order chi connectivity index (χ0) is 19.2. The Morgan fingerprint density at radius 3 is 2.00 bits per heavy atom. The molecule has 0 aromatic rings. The standard InChI is InChI=1S/C19H38N2O3S/c1-15(2)10-12-21(13-11-16(3)4)19(22)14-20(5)17-8-7-9-18(17)25(6,23)24/h15-18H,7-14H2,1-6H3. The van der Waals surface area contributed by atoms with Crippen molar-refractivity contribution in [3.8, 4) is 0 Å². The number of sulfone groups is 1. The monoisotopic (exact) mass is 374 g/mol. The molecule has 1 fully saturated rings. The first kappa shape index (κ1) is 22.4. The fourth-order valence-corrected chi connectivity index (χ4v) is 5.04. The summed E-state index contributed by atoms with van der Waals surface area (Å²) in [5, 5.41) is -0.329. The van der Waals surface area contributed by atoms with Gasteiger partial charge in [-0.2, -0.15) is 0 Å². The second-order valence-corrected chi connectivity index (χ2v) is 10.8. The lowest BCUT2D eigenvalue weighted by Gasteiger charge is -2.31. The van der Waals surface area contributed by atoms with Crippen molar-refractivity contribution < 1.29 is 13.2 Å². The highest BCUT2D eigenvalue weighted by molar-refractivity contribution is 7.91. The molecule has 6 heteroatoms. The predicted molar refractivity (Wildman–Crippen MR) is 104 cm³/mol. The molecule has 1 aliphatic rings. The van der Waals surface area contributed by atoms with Gasteiger partial charge >= 0.3 is 0 Å². The molecule has 0 heterocycles. The van der Waals surface area contributed by atoms with Crippen LogP contribution in [0.4, 0.5) is 0 Å². The first-order valence-corrected chi connectivity index (χ1v) is 11.6. The van der Waals surface area contributed by atoms with Gasteiger partial charge in [-0.3, -0.25) is 9.69 Å². The zero-order valence-electron chi connectivity index (χ0n) is 17.0. The highest BCUT2D eigenvalue weighted by Gasteiger charge is 2.37. The van der Waals surface area contributed by atoms with Crippen molar-refractivity contribution in [3.63, 3.8) is 0 Å². The predicted octanol–water partition coefficient (Wildman–Crippen LogP) is 2.80. The van der Waals surface area contributed by atoms with Crippen molar-refractivity contribution >= 4 is 15.7 Å². The number of hydrogen-bond acceptors (Lipinski definition) is 4. The van der Waals surface area contributed by atoms with Gasteiger partial charge in [-0.15, -0.1) is 0 Å². The van der Waals surface area contributed by atoms with Crippen molar-refractivity contribution in [3.05, 3.63) is 0 Å². The summed E-state index contributed by atoms with van der Waals surface area (Å²) in [7, 11) is -1.16. The van der Waals surface area contributed by atoms with E-state index in [1.807, 2.05) is 16.8 Å². The van der Waals surface area contributed by atoms with Crippen LogP contribution in [0, 0.1) is 11.8 Å². The fraction of sp³-hybridized carbons (Fsp3) is 0.947. The average Bonchev–Trinajstić information content (AvgIpc) is 2.96. The minimum Gasteiger partial charge on any atom is -0.342 e. The Hall–Kier alpha value is -0.620. The first-order chi connectivity index (χ1) is 11.5. The maximum absolute atomic E-state index is 12.8. The van der Waals surface area contributed by atoms with Crippen LogP contribution in [0.5, 0.6) is 0 Å². The molecule has 25 heavy (non-hydrogen) atoms. The molecule has 1 amide bonds. The van der Waals surface area contributed by atoms with Crippen LogP contribution in [0.1, 0.15) is 59.8 Å². The summed E-state index contributed by atoms with van der Waals surface area (Å²) < 4.78 is 24.0. The summed E-state index contributed by atoms with van der Waals surface area (Å²) in [5.74, 6) is 1.26. The number of amides is 1. The van der Waals surface area contributed by atoms with E-state index in [1.165, 1.54) is 6.26 Å². The van der Waals surface area contributed by atoms with Crippen LogP contribution >= 0.6 is 0 Å². The Kier molecular flexibility index (Phi) is 8.89. The van der Waals surface area contributed by atoms with Gasteiger partial charge in [-0.25, -0.2) is 8.42 Å². The molecule has 1 saturated carbocycles. The highest BCUT2D eigenvalue weighted by Crippen LogP contribution is 2.28. The number of likely N-dealkylation sites (N-methyl/N-ethyl adjacent to an activating group) is 1. The van der Waals surface area contributed by atoms with Crippen LogP contribution in [0.15, 0.2) is 0 Å². The summed E-state index contributed by atoms with van der Waals surface area (Å²) in [6.07, 6.45) is 5.83. The molecule has 1 aliphatic carbocycles. The third-order valence-electron chi connectivity index (χ3n) is 5.22. The topological polar surface area (TPSA) is 57.7 Å². The summed E-state index contributed by atoms with van der Waals surface area (Å²) >= 11 is 0. The molecule has 2 atom stereocenters. The number of nitrogens with zero attached hydrogens (tertiary/aromatic N) is 2. The number of carbonyl (C=O) groups is 1. The first-order valence-electron chi connectivity index (χ1n) is 9.69. The maximum atomic E-state index is 12.8. The molecule has 0 saturated heterocycles. The fourth-order valence-electron chi connectivity index (χ4n) is 3.53. The lowest BCUT2D eigenvalue weighted by atomic mass is 10.1. The van der Waals surface area contributed by atoms with E-state index in [1.54, 1.807) is 0 Å². The van der Waals surface area contributed by atoms with E-state index in [4.69, 9.17) is 0 Å². The van der Waals surface area contributed by atoms with Crippen molar-refractivity contribution in [2.24, 2.45) is 11.8 Å². The van der Waals surface area contributed by atoms with Crippen LogP contribution in [0.3, 0.4) is 0 Å². The zero-order valence-corrected chi connectivity index (χ0v) is 17.8. The van der Waals surface area contributed by atoms with Gasteiger partial charge in [0.25, 0.3) is 0 Å². The van der Waals surface area contributed by atoms with Gasteiger partial charge in [0, 0.05) is 25.4 Å². The molecule has 0 aromatic carbocycles. The quantitative estimate of drug-likeness (QED) is 0.590. The second-order valence-electron chi connectivity index (χ2n) is 8.53. The van der Waals surface area contributed by atoms with E-state index in [0.717, 1.165) is 38.8 Å². The molecule has 148 valence electrons. The van der Waals surface area contributed by atoms with E-state index >= 15 is 0 Å². The van der Waals surface area contributed by atoms with E-state index < -0.39 is 9.84 Å². The third-order valence-corrected chi connectivity index (χ3v) is 6.87. The largest absolute Gasteiger partial charge is 0.342 e. The third kappa shape index (κ3) is 7.65. The Balaban J connectivity index is 2.69. The van der Waals surface area contributed by atoms with E-state index in [2.05, 4.69) is 27.7 Å². The van der Waals surface area contributed by atoms with Crippen LogP contribution in [-0.4, -0.2) is 68.4 Å². The van der Waals surface area contributed by atoms with Crippen molar-refractivity contribution in [1.29, 1.82) is 0 Å². The molecule has 0 N–H and O–H groups in total. The van der Waals surface area contributed by atoms with Gasteiger partial charge in [0.05, 0.1) is 11.8 Å². The van der Waals surface area contributed by atoms with Gasteiger partial charge in [0.2, 0.25) is 5.91 Å². The van der Waals surface area contributed by atoms with Crippen molar-refractivity contribution in [2.75, 3.05) is 32.9 Å². The molecule has 0 aromatic heterocycles. The maximum Gasteiger partial charge on any atom is 0.236 e. The molecule has 0 radical (unpaired) electrons. The molecule has 1 rings (SSSR count). The van der Waals surface area contributed by atoms with Gasteiger partial charge in [-0.05, 0) is 44.6 Å². The van der Waals surface area contributed by atoms with Crippen LogP contribution in [0.25, 0.3) is 0 Å². The van der Waals surface area contributed by atoms with Crippen LogP contribution < -0.4 is 0 Å². The molecule has 0 bridgehead atoms. The van der Waals surface area contributed by atoms with E-state index in [-0.39, 0.29) is 17.2 Å². The Labute approximate surface area is 155 Å². The number of rotatable bonds is 10. The molecule has 5 nitrogen and oxygen atoms in total. The smallest absolute Gasteiger partial charge is 0.236 e. The molecule has 2 unspecified atom stereocenters. The molecular formula is C19H38N2O3S. The lowest BCUT2D eigenvalue weighted by molar-refractivity contribution is -0.133. The number of carbonyl (C=O) groups excluding carboxylic acids is 1. The summed E-state index contributed by atoms with van der Waals surface area (Å²) in [5.41, 5.74) is 0. The van der Waals surface area contributed by atoms with Gasteiger partial charge < -0.3 is 4.90 Å². The van der Waals surface area contributed by atoms with E-state index in [0.29, 0.717) is 24.8 Å². The van der Waals surface area contributed by atoms with Gasteiger partial charge in [-0.1, -0.05) is 34.1 Å². The second kappa shape index (κ2) is 9.91. The minimum atomic E-state index is -3.06. The molecule has 0 aliphatic heterocycles. The summed E-state index contributed by atoms with van der Waals surface area (Å²) in [6.45, 7) is 10.6. The van der Waals surface area contributed by atoms with Crippen LogP contribution in [-0.2, 0) is 14.6 Å². The van der Waals surface area contributed by atoms with E-state index in [9.17, 15) is 13.2 Å². The SMILES string of the molecule is CC(C)CCN(CCC(C)C)C(=O)CN(C)C1CCCC1S(C)(=O)=O. The molecular weight excluding hydrogens is 336 g/mol. The Morgan fingerprint density at radius 2 is 1.56 bits per heavy atom. The van der Waals surface area contributed by atoms with Gasteiger partial charge in [0.15, 0.2) is 9.84 Å². The number of hydrogen-bond donors (Lipinski definition) is 0. The molecule has 0 spiro atoms. The van der Waals surface area contributed by atoms with Crippen molar-refractivity contribution in [2.45, 2.75) is 71.1 Å². The summed E-state index contributed by atoms with van der Waals surface area (Å²) in [4.78, 5) is 16.8. The minimum absolute atomic E-state index is 0.0315. The normalized spacial score (nSPS) is 21.5. The Bertz CT molecular complexity index is 505. The Morgan fingerprint density at radius 1 is 1.04 bits per heavy atom. The van der Waals surface area contributed by atoms with Gasteiger partial charge in [0.1, 0.15) is 0 Å². The summed E-state index contributed by atoms with van der Waals surface area (Å²) in [6, 6.07) is -0.0315. The van der Waals surface area contributed by atoms with Crippen LogP contribution in [0.2, 0.25) is 0 Å².